The Morgan fingerprint density at radius 1 is 1.24 bits per heavy atom. The van der Waals surface area contributed by atoms with E-state index in [0.717, 1.165) is 32.6 Å². The van der Waals surface area contributed by atoms with E-state index in [0.29, 0.717) is 18.9 Å². The van der Waals surface area contributed by atoms with Crippen molar-refractivity contribution in [1.29, 1.82) is 0 Å². The first-order chi connectivity index (χ1) is 10.1. The normalized spacial score (nSPS) is 18.1. The van der Waals surface area contributed by atoms with Crippen LogP contribution in [0.25, 0.3) is 0 Å². The van der Waals surface area contributed by atoms with Crippen LogP contribution < -0.4 is 5.32 Å². The third-order valence-corrected chi connectivity index (χ3v) is 4.01. The molecule has 1 aliphatic heterocycles. The van der Waals surface area contributed by atoms with Crippen LogP contribution in [0.1, 0.15) is 18.4 Å². The average Bonchev–Trinajstić information content (AvgIpc) is 2.97. The minimum absolute atomic E-state index is 0.286. The number of nitrogens with one attached hydrogen (secondary N) is 1. The molecule has 1 saturated heterocycles. The Bertz CT molecular complexity index is 427. The molecule has 21 heavy (non-hydrogen) atoms. The summed E-state index contributed by atoms with van der Waals surface area (Å²) in [6.45, 7) is 4.45. The van der Waals surface area contributed by atoms with Crippen molar-refractivity contribution in [2.75, 3.05) is 40.3 Å². The van der Waals surface area contributed by atoms with Crippen molar-refractivity contribution in [2.24, 2.45) is 5.92 Å². The highest BCUT2D eigenvalue weighted by Crippen LogP contribution is 2.15. The Kier molecular flexibility index (Phi) is 6.21. The van der Waals surface area contributed by atoms with E-state index >= 15 is 0 Å². The van der Waals surface area contributed by atoms with Gasteiger partial charge in [-0.05, 0) is 45.1 Å². The maximum absolute atomic E-state index is 12.6. The van der Waals surface area contributed by atoms with E-state index in [2.05, 4.69) is 22.3 Å². The molecule has 1 heterocycles. The third kappa shape index (κ3) is 5.48. The zero-order chi connectivity index (χ0) is 15.1. The molecule has 0 aromatic heterocycles. The summed E-state index contributed by atoms with van der Waals surface area (Å²) < 4.78 is 0. The van der Waals surface area contributed by atoms with Crippen molar-refractivity contribution in [3.63, 3.8) is 0 Å². The van der Waals surface area contributed by atoms with Gasteiger partial charge in [0.2, 0.25) is 5.91 Å². The SMILES string of the molecule is CN(C)CCN(Cc1ccccc1)C(=O)CC1CCNC1. The minimum atomic E-state index is 0.286. The van der Waals surface area contributed by atoms with Gasteiger partial charge in [0.1, 0.15) is 0 Å². The Morgan fingerprint density at radius 3 is 2.62 bits per heavy atom. The summed E-state index contributed by atoms with van der Waals surface area (Å²) >= 11 is 0. The van der Waals surface area contributed by atoms with E-state index < -0.39 is 0 Å². The predicted molar refractivity (Wildman–Crippen MR) is 86.0 cm³/mol. The summed E-state index contributed by atoms with van der Waals surface area (Å²) in [5.41, 5.74) is 1.20. The quantitative estimate of drug-likeness (QED) is 0.828. The number of carbonyl (C=O) groups excluding carboxylic acids is 1. The molecular formula is C17H27N3O. The zero-order valence-corrected chi connectivity index (χ0v) is 13.2. The van der Waals surface area contributed by atoms with E-state index in [-0.39, 0.29) is 5.91 Å². The molecule has 1 amide bonds. The van der Waals surface area contributed by atoms with Gasteiger partial charge >= 0.3 is 0 Å². The molecule has 0 bridgehead atoms. The molecule has 2 rings (SSSR count). The van der Waals surface area contributed by atoms with Gasteiger partial charge in [0, 0.05) is 26.1 Å². The van der Waals surface area contributed by atoms with Crippen LogP contribution in [-0.4, -0.2) is 56.0 Å². The zero-order valence-electron chi connectivity index (χ0n) is 13.2. The van der Waals surface area contributed by atoms with Gasteiger partial charge in [-0.2, -0.15) is 0 Å². The number of likely N-dealkylation sites (N-methyl/N-ethyl adjacent to an activating group) is 1. The molecule has 4 nitrogen and oxygen atoms in total. The minimum Gasteiger partial charge on any atom is -0.337 e. The largest absolute Gasteiger partial charge is 0.337 e. The standard InChI is InChI=1S/C17H27N3O/c1-19(2)10-11-20(14-15-6-4-3-5-7-15)17(21)12-16-8-9-18-13-16/h3-7,16,18H,8-14H2,1-2H3. The maximum atomic E-state index is 12.6. The van der Waals surface area contributed by atoms with Crippen LogP contribution in [0.5, 0.6) is 0 Å². The van der Waals surface area contributed by atoms with E-state index in [1.807, 2.05) is 37.2 Å². The van der Waals surface area contributed by atoms with Crippen molar-refractivity contribution in [3.8, 4) is 0 Å². The van der Waals surface area contributed by atoms with E-state index in [1.54, 1.807) is 0 Å². The van der Waals surface area contributed by atoms with Crippen LogP contribution in [0.15, 0.2) is 30.3 Å². The maximum Gasteiger partial charge on any atom is 0.223 e. The first-order valence-electron chi connectivity index (χ1n) is 7.82. The van der Waals surface area contributed by atoms with Gasteiger partial charge < -0.3 is 15.1 Å². The average molecular weight is 289 g/mol. The highest BCUT2D eigenvalue weighted by molar-refractivity contribution is 5.76. The fourth-order valence-corrected chi connectivity index (χ4v) is 2.68. The Morgan fingerprint density at radius 2 is 2.00 bits per heavy atom. The smallest absolute Gasteiger partial charge is 0.223 e. The second-order valence-electron chi connectivity index (χ2n) is 6.17. The number of amides is 1. The number of hydrogen-bond acceptors (Lipinski definition) is 3. The highest BCUT2D eigenvalue weighted by Gasteiger charge is 2.22. The molecule has 116 valence electrons. The van der Waals surface area contributed by atoms with Crippen LogP contribution >= 0.6 is 0 Å². The van der Waals surface area contributed by atoms with Crippen molar-refractivity contribution in [3.05, 3.63) is 35.9 Å². The number of hydrogen-bond donors (Lipinski definition) is 1. The molecule has 1 aromatic carbocycles. The van der Waals surface area contributed by atoms with Gasteiger partial charge in [-0.25, -0.2) is 0 Å². The van der Waals surface area contributed by atoms with Crippen LogP contribution in [0.4, 0.5) is 0 Å². The van der Waals surface area contributed by atoms with Gasteiger partial charge in [0.05, 0.1) is 0 Å². The topological polar surface area (TPSA) is 35.6 Å². The van der Waals surface area contributed by atoms with Gasteiger partial charge in [-0.15, -0.1) is 0 Å². The van der Waals surface area contributed by atoms with E-state index in [9.17, 15) is 4.79 Å². The highest BCUT2D eigenvalue weighted by atomic mass is 16.2. The molecule has 0 spiro atoms. The number of rotatable bonds is 7. The van der Waals surface area contributed by atoms with Gasteiger partial charge in [0.15, 0.2) is 0 Å². The van der Waals surface area contributed by atoms with Crippen LogP contribution in [0, 0.1) is 5.92 Å². The number of nitrogens with zero attached hydrogens (tertiary/aromatic N) is 2. The Labute approximate surface area is 128 Å². The van der Waals surface area contributed by atoms with E-state index in [1.165, 1.54) is 5.56 Å². The molecule has 1 atom stereocenters. The monoisotopic (exact) mass is 289 g/mol. The summed E-state index contributed by atoms with van der Waals surface area (Å²) in [4.78, 5) is 16.7. The van der Waals surface area contributed by atoms with E-state index in [4.69, 9.17) is 0 Å². The Hall–Kier alpha value is -1.39. The summed E-state index contributed by atoms with van der Waals surface area (Å²) in [5, 5.41) is 3.34. The second-order valence-corrected chi connectivity index (χ2v) is 6.17. The number of benzene rings is 1. The molecular weight excluding hydrogens is 262 g/mol. The molecule has 0 saturated carbocycles. The third-order valence-electron chi connectivity index (χ3n) is 4.01. The summed E-state index contributed by atoms with van der Waals surface area (Å²) in [6.07, 6.45) is 1.80. The lowest BCUT2D eigenvalue weighted by Gasteiger charge is -2.25. The summed E-state index contributed by atoms with van der Waals surface area (Å²) in [6, 6.07) is 10.3. The summed E-state index contributed by atoms with van der Waals surface area (Å²) in [5.74, 6) is 0.796. The lowest BCUT2D eigenvalue weighted by atomic mass is 10.0. The first kappa shape index (κ1) is 16.0. The van der Waals surface area contributed by atoms with Crippen LogP contribution in [-0.2, 0) is 11.3 Å². The molecule has 0 aliphatic carbocycles. The van der Waals surface area contributed by atoms with Gasteiger partial charge in [0.25, 0.3) is 0 Å². The molecule has 1 N–H and O–H groups in total. The lowest BCUT2D eigenvalue weighted by Crippen LogP contribution is -2.37. The van der Waals surface area contributed by atoms with Gasteiger partial charge in [-0.3, -0.25) is 4.79 Å². The van der Waals surface area contributed by atoms with Crippen molar-refractivity contribution in [1.82, 2.24) is 15.1 Å². The second kappa shape index (κ2) is 8.15. The molecule has 1 unspecified atom stereocenters. The van der Waals surface area contributed by atoms with Gasteiger partial charge in [-0.1, -0.05) is 30.3 Å². The predicted octanol–water partition coefficient (Wildman–Crippen LogP) is 1.58. The molecule has 1 aromatic rings. The fraction of sp³-hybridized carbons (Fsp3) is 0.588. The van der Waals surface area contributed by atoms with Crippen molar-refractivity contribution < 1.29 is 4.79 Å². The van der Waals surface area contributed by atoms with Crippen molar-refractivity contribution in [2.45, 2.75) is 19.4 Å². The van der Waals surface area contributed by atoms with Crippen LogP contribution in [0.2, 0.25) is 0 Å². The summed E-state index contributed by atoms with van der Waals surface area (Å²) in [7, 11) is 4.10. The molecule has 4 heteroatoms. The fourth-order valence-electron chi connectivity index (χ4n) is 2.68. The molecule has 1 fully saturated rings. The molecule has 1 aliphatic rings. The molecule has 0 radical (unpaired) electrons. The van der Waals surface area contributed by atoms with Crippen molar-refractivity contribution >= 4 is 5.91 Å². The number of carbonyl (C=O) groups is 1. The lowest BCUT2D eigenvalue weighted by molar-refractivity contribution is -0.132. The van der Waals surface area contributed by atoms with Crippen LogP contribution in [0.3, 0.4) is 0 Å². The first-order valence-corrected chi connectivity index (χ1v) is 7.82. The Balaban J connectivity index is 1.94.